The van der Waals surface area contributed by atoms with Crippen molar-refractivity contribution in [3.8, 4) is 11.3 Å². The highest BCUT2D eigenvalue weighted by molar-refractivity contribution is 5.73. The van der Waals surface area contributed by atoms with E-state index in [0.717, 1.165) is 6.20 Å². The molecular weight excluding hydrogens is 198 g/mol. The molecule has 2 aromatic rings. The van der Waals surface area contributed by atoms with Gasteiger partial charge >= 0.3 is 0 Å². The number of nitrogen functional groups attached to an aromatic ring is 1. The summed E-state index contributed by atoms with van der Waals surface area (Å²) >= 11 is 0. The third-order valence-corrected chi connectivity index (χ3v) is 2.02. The SMILES string of the molecule is Nc1ccc(F)cc1-c1ccc(F)cn1. The van der Waals surface area contributed by atoms with E-state index in [2.05, 4.69) is 4.98 Å². The van der Waals surface area contributed by atoms with Gasteiger partial charge in [-0.3, -0.25) is 4.98 Å². The number of nitrogens with two attached hydrogens (primary N) is 1. The first-order valence-electron chi connectivity index (χ1n) is 4.34. The summed E-state index contributed by atoms with van der Waals surface area (Å²) in [5.74, 6) is -0.834. The van der Waals surface area contributed by atoms with Gasteiger partial charge in [-0.2, -0.15) is 0 Å². The van der Waals surface area contributed by atoms with Crippen molar-refractivity contribution in [2.24, 2.45) is 0 Å². The van der Waals surface area contributed by atoms with Gasteiger partial charge in [-0.05, 0) is 30.3 Å². The molecule has 2 N–H and O–H groups in total. The van der Waals surface area contributed by atoms with Crippen LogP contribution in [0.25, 0.3) is 11.3 Å². The van der Waals surface area contributed by atoms with Crippen LogP contribution >= 0.6 is 0 Å². The van der Waals surface area contributed by atoms with Gasteiger partial charge in [0.25, 0.3) is 0 Å². The zero-order chi connectivity index (χ0) is 10.8. The van der Waals surface area contributed by atoms with Gasteiger partial charge in [-0.15, -0.1) is 0 Å². The molecule has 0 fully saturated rings. The molecule has 0 atom stereocenters. The lowest BCUT2D eigenvalue weighted by Crippen LogP contribution is -1.93. The largest absolute Gasteiger partial charge is 0.398 e. The van der Waals surface area contributed by atoms with E-state index in [1.165, 1.54) is 30.3 Å². The summed E-state index contributed by atoms with van der Waals surface area (Å²) in [6.45, 7) is 0. The fourth-order valence-corrected chi connectivity index (χ4v) is 1.29. The van der Waals surface area contributed by atoms with E-state index in [0.29, 0.717) is 16.9 Å². The van der Waals surface area contributed by atoms with Crippen LogP contribution in [0.15, 0.2) is 36.5 Å². The van der Waals surface area contributed by atoms with Gasteiger partial charge in [0.1, 0.15) is 11.6 Å². The van der Waals surface area contributed by atoms with E-state index in [1.54, 1.807) is 0 Å². The van der Waals surface area contributed by atoms with Crippen LogP contribution in [0.1, 0.15) is 0 Å². The normalized spacial score (nSPS) is 10.3. The molecule has 76 valence electrons. The van der Waals surface area contributed by atoms with E-state index in [-0.39, 0.29) is 0 Å². The summed E-state index contributed by atoms with van der Waals surface area (Å²) in [6, 6.07) is 6.71. The van der Waals surface area contributed by atoms with Crippen LogP contribution in [0.5, 0.6) is 0 Å². The van der Waals surface area contributed by atoms with Crippen molar-refractivity contribution in [1.29, 1.82) is 0 Å². The highest BCUT2D eigenvalue weighted by Crippen LogP contribution is 2.24. The number of rotatable bonds is 1. The molecular formula is C11H8F2N2. The van der Waals surface area contributed by atoms with Crippen LogP contribution in [0.4, 0.5) is 14.5 Å². The molecule has 0 aliphatic heterocycles. The molecule has 0 amide bonds. The van der Waals surface area contributed by atoms with Crippen LogP contribution in [0, 0.1) is 11.6 Å². The smallest absolute Gasteiger partial charge is 0.141 e. The lowest BCUT2D eigenvalue weighted by molar-refractivity contribution is 0.621. The second kappa shape index (κ2) is 3.65. The predicted octanol–water partition coefficient (Wildman–Crippen LogP) is 2.61. The van der Waals surface area contributed by atoms with Gasteiger partial charge in [0.05, 0.1) is 11.9 Å². The Morgan fingerprint density at radius 2 is 1.73 bits per heavy atom. The molecule has 0 aliphatic carbocycles. The molecule has 2 rings (SSSR count). The maximum Gasteiger partial charge on any atom is 0.141 e. The Morgan fingerprint density at radius 3 is 2.40 bits per heavy atom. The Hall–Kier alpha value is -1.97. The average Bonchev–Trinajstić information content (AvgIpc) is 2.23. The summed E-state index contributed by atoms with van der Waals surface area (Å²) in [4.78, 5) is 3.83. The van der Waals surface area contributed by atoms with Crippen LogP contribution in [-0.4, -0.2) is 4.98 Å². The highest BCUT2D eigenvalue weighted by Gasteiger charge is 2.05. The molecule has 2 nitrogen and oxygen atoms in total. The molecule has 0 aliphatic rings. The van der Waals surface area contributed by atoms with E-state index >= 15 is 0 Å². The fraction of sp³-hybridized carbons (Fsp3) is 0. The van der Waals surface area contributed by atoms with Crippen molar-refractivity contribution >= 4 is 5.69 Å². The quantitative estimate of drug-likeness (QED) is 0.728. The Kier molecular flexibility index (Phi) is 2.33. The van der Waals surface area contributed by atoms with Gasteiger partial charge < -0.3 is 5.73 Å². The number of halogens is 2. The minimum atomic E-state index is -0.436. The third kappa shape index (κ3) is 1.93. The summed E-state index contributed by atoms with van der Waals surface area (Å²) < 4.78 is 25.6. The van der Waals surface area contributed by atoms with Crippen molar-refractivity contribution in [2.75, 3.05) is 5.73 Å². The Labute approximate surface area is 85.4 Å². The Balaban J connectivity index is 2.53. The molecule has 0 radical (unpaired) electrons. The highest BCUT2D eigenvalue weighted by atomic mass is 19.1. The van der Waals surface area contributed by atoms with E-state index in [1.807, 2.05) is 0 Å². The van der Waals surface area contributed by atoms with Gasteiger partial charge in [0.2, 0.25) is 0 Å². The second-order valence-corrected chi connectivity index (χ2v) is 3.09. The van der Waals surface area contributed by atoms with Crippen LogP contribution < -0.4 is 5.73 Å². The predicted molar refractivity (Wildman–Crippen MR) is 54.0 cm³/mol. The minimum Gasteiger partial charge on any atom is -0.398 e. The summed E-state index contributed by atoms with van der Waals surface area (Å²) in [7, 11) is 0. The molecule has 0 unspecified atom stereocenters. The van der Waals surface area contributed by atoms with E-state index in [4.69, 9.17) is 5.73 Å². The second-order valence-electron chi connectivity index (χ2n) is 3.09. The van der Waals surface area contributed by atoms with Crippen LogP contribution in [0.3, 0.4) is 0 Å². The van der Waals surface area contributed by atoms with Gasteiger partial charge in [0.15, 0.2) is 0 Å². The first-order valence-corrected chi connectivity index (χ1v) is 4.34. The first-order chi connectivity index (χ1) is 7.16. The van der Waals surface area contributed by atoms with Crippen molar-refractivity contribution < 1.29 is 8.78 Å². The minimum absolute atomic E-state index is 0.398. The number of aromatic nitrogens is 1. The lowest BCUT2D eigenvalue weighted by atomic mass is 10.1. The van der Waals surface area contributed by atoms with Crippen molar-refractivity contribution in [3.63, 3.8) is 0 Å². The average molecular weight is 206 g/mol. The maximum absolute atomic E-state index is 13.0. The number of hydrogen-bond donors (Lipinski definition) is 1. The van der Waals surface area contributed by atoms with Crippen LogP contribution in [0.2, 0.25) is 0 Å². The standard InChI is InChI=1S/C11H8F2N2/c12-7-1-3-10(14)9(5-7)11-4-2-8(13)6-15-11/h1-6H,14H2. The number of anilines is 1. The lowest BCUT2D eigenvalue weighted by Gasteiger charge is -2.04. The third-order valence-electron chi connectivity index (χ3n) is 2.02. The molecule has 0 spiro atoms. The van der Waals surface area contributed by atoms with Crippen molar-refractivity contribution in [1.82, 2.24) is 4.98 Å². The van der Waals surface area contributed by atoms with Gasteiger partial charge in [-0.1, -0.05) is 0 Å². The Bertz CT molecular complexity index is 480. The molecule has 0 saturated heterocycles. The Morgan fingerprint density at radius 1 is 1.00 bits per heavy atom. The van der Waals surface area contributed by atoms with E-state index in [9.17, 15) is 8.78 Å². The number of hydrogen-bond acceptors (Lipinski definition) is 2. The number of pyridine rings is 1. The first kappa shape index (κ1) is 9.58. The van der Waals surface area contributed by atoms with Gasteiger partial charge in [0, 0.05) is 11.3 Å². The maximum atomic E-state index is 13.0. The molecule has 1 aromatic heterocycles. The summed E-state index contributed by atoms with van der Waals surface area (Å²) in [5, 5.41) is 0. The molecule has 4 heteroatoms. The van der Waals surface area contributed by atoms with Crippen molar-refractivity contribution in [3.05, 3.63) is 48.2 Å². The van der Waals surface area contributed by atoms with Gasteiger partial charge in [-0.25, -0.2) is 8.78 Å². The summed E-state index contributed by atoms with van der Waals surface area (Å²) in [6.07, 6.45) is 1.07. The fourth-order valence-electron chi connectivity index (χ4n) is 1.29. The number of nitrogens with zero attached hydrogens (tertiary/aromatic N) is 1. The van der Waals surface area contributed by atoms with Crippen LogP contribution in [-0.2, 0) is 0 Å². The molecule has 15 heavy (non-hydrogen) atoms. The van der Waals surface area contributed by atoms with Crippen molar-refractivity contribution in [2.45, 2.75) is 0 Å². The zero-order valence-corrected chi connectivity index (χ0v) is 7.74. The molecule has 1 heterocycles. The molecule has 1 aromatic carbocycles. The molecule has 0 bridgehead atoms. The molecule has 0 saturated carbocycles. The zero-order valence-electron chi connectivity index (χ0n) is 7.74. The number of benzene rings is 1. The van der Waals surface area contributed by atoms with E-state index < -0.39 is 11.6 Å². The monoisotopic (exact) mass is 206 g/mol. The summed E-state index contributed by atoms with van der Waals surface area (Å²) in [5.41, 5.74) is 6.99. The topological polar surface area (TPSA) is 38.9 Å².